The highest BCUT2D eigenvalue weighted by Crippen LogP contribution is 1.98. The normalized spacial score (nSPS) is 9.31. The van der Waals surface area contributed by atoms with Crippen molar-refractivity contribution >= 4 is 17.8 Å². The first kappa shape index (κ1) is 34.4. The van der Waals surface area contributed by atoms with E-state index >= 15 is 0 Å². The van der Waals surface area contributed by atoms with E-state index in [4.69, 9.17) is 10.2 Å². The minimum atomic E-state index is -0.211. The molecule has 0 unspecified atom stereocenters. The number of rotatable bonds is 15. The number of aliphatic hydroxyl groups is 2. The second kappa shape index (κ2) is 26.8. The fourth-order valence-corrected chi connectivity index (χ4v) is 2.09. The Balaban J connectivity index is -0.000000422. The molecule has 0 aromatic heterocycles. The zero-order chi connectivity index (χ0) is 25.2. The molecular formula is C24H46N2O6. The van der Waals surface area contributed by atoms with Crippen LogP contribution in [0.15, 0.2) is 24.3 Å². The van der Waals surface area contributed by atoms with Gasteiger partial charge < -0.3 is 25.6 Å². The number of unbranched alkanes of at least 4 members (excludes halogenated alkanes) is 6. The van der Waals surface area contributed by atoms with Crippen LogP contribution in [0, 0.1) is 0 Å². The molecule has 0 saturated carbocycles. The first-order valence-corrected chi connectivity index (χ1v) is 11.4. The van der Waals surface area contributed by atoms with E-state index in [1.807, 2.05) is 0 Å². The van der Waals surface area contributed by atoms with Crippen LogP contribution in [0.4, 0.5) is 0 Å². The van der Waals surface area contributed by atoms with E-state index in [1.165, 1.54) is 6.92 Å². The van der Waals surface area contributed by atoms with Crippen LogP contribution < -0.4 is 10.6 Å². The van der Waals surface area contributed by atoms with Crippen LogP contribution in [0.3, 0.4) is 0 Å². The van der Waals surface area contributed by atoms with Crippen molar-refractivity contribution in [2.24, 2.45) is 0 Å². The molecule has 4 N–H and O–H groups in total. The molecule has 0 aromatic carbocycles. The predicted octanol–water partition coefficient (Wildman–Crippen LogP) is 3.03. The molecule has 0 aliphatic rings. The summed E-state index contributed by atoms with van der Waals surface area (Å²) in [4.78, 5) is 31.8. The average Bonchev–Trinajstić information content (AvgIpc) is 2.73. The molecule has 2 amide bonds. The molecule has 0 fully saturated rings. The van der Waals surface area contributed by atoms with Crippen molar-refractivity contribution in [3.05, 3.63) is 24.3 Å². The van der Waals surface area contributed by atoms with E-state index in [9.17, 15) is 14.4 Å². The smallest absolute Gasteiger partial charge is 0.302 e. The van der Waals surface area contributed by atoms with Crippen molar-refractivity contribution in [2.45, 2.75) is 79.1 Å². The number of aliphatic hydroxyl groups excluding tert-OH is 2. The predicted molar refractivity (Wildman–Crippen MR) is 129 cm³/mol. The largest absolute Gasteiger partial charge is 0.466 e. The molecule has 0 aromatic rings. The summed E-state index contributed by atoms with van der Waals surface area (Å²) in [5.74, 6) is -0.346. The van der Waals surface area contributed by atoms with E-state index in [1.54, 1.807) is 20.8 Å². The summed E-state index contributed by atoms with van der Waals surface area (Å²) in [5.41, 5.74) is 1.10. The van der Waals surface area contributed by atoms with E-state index in [-0.39, 0.29) is 31.0 Å². The molecule has 8 nitrogen and oxygen atoms in total. The number of esters is 1. The molecule has 0 saturated heterocycles. The lowest BCUT2D eigenvalue weighted by atomic mass is 10.2. The number of ether oxygens (including phenoxy) is 1. The minimum absolute atomic E-state index is 0.0674. The van der Waals surface area contributed by atoms with Crippen LogP contribution >= 0.6 is 0 Å². The van der Waals surface area contributed by atoms with Crippen LogP contribution in [0.5, 0.6) is 0 Å². The highest BCUT2D eigenvalue weighted by Gasteiger charge is 1.99. The Morgan fingerprint density at radius 3 is 1.25 bits per heavy atom. The summed E-state index contributed by atoms with van der Waals surface area (Å²) in [5, 5.41) is 22.5. The zero-order valence-corrected chi connectivity index (χ0v) is 20.6. The maximum Gasteiger partial charge on any atom is 0.302 e. The van der Waals surface area contributed by atoms with Crippen LogP contribution in [-0.4, -0.2) is 60.9 Å². The third kappa shape index (κ3) is 32.5. The number of carbonyl (C=O) groups excluding carboxylic acids is 3. The second-order valence-electron chi connectivity index (χ2n) is 7.27. The fraction of sp³-hybridized carbons (Fsp3) is 0.708. The van der Waals surface area contributed by atoms with Gasteiger partial charge in [0, 0.05) is 44.4 Å². The molecule has 0 rings (SSSR count). The van der Waals surface area contributed by atoms with E-state index < -0.39 is 0 Å². The van der Waals surface area contributed by atoms with Gasteiger partial charge in [0.05, 0.1) is 6.61 Å². The van der Waals surface area contributed by atoms with E-state index in [2.05, 4.69) is 28.5 Å². The molecule has 8 heteroatoms. The van der Waals surface area contributed by atoms with E-state index in [0.717, 1.165) is 51.4 Å². The molecule has 0 spiro atoms. The highest BCUT2D eigenvalue weighted by atomic mass is 16.5. The third-order valence-electron chi connectivity index (χ3n) is 3.86. The topological polar surface area (TPSA) is 125 Å². The quantitative estimate of drug-likeness (QED) is 0.170. The Kier molecular flexibility index (Phi) is 28.9. The first-order valence-electron chi connectivity index (χ1n) is 11.4. The van der Waals surface area contributed by atoms with Gasteiger partial charge in [-0.1, -0.05) is 38.8 Å². The molecular weight excluding hydrogens is 412 g/mol. The van der Waals surface area contributed by atoms with Crippen LogP contribution in [0.2, 0.25) is 0 Å². The summed E-state index contributed by atoms with van der Waals surface area (Å²) >= 11 is 0. The van der Waals surface area contributed by atoms with Gasteiger partial charge in [-0.15, -0.1) is 0 Å². The Labute approximate surface area is 194 Å². The van der Waals surface area contributed by atoms with Gasteiger partial charge in [-0.05, 0) is 46.5 Å². The van der Waals surface area contributed by atoms with Gasteiger partial charge in [0.15, 0.2) is 0 Å². The van der Waals surface area contributed by atoms with Gasteiger partial charge in [-0.25, -0.2) is 0 Å². The molecule has 0 bridgehead atoms. The van der Waals surface area contributed by atoms with E-state index in [0.29, 0.717) is 30.8 Å². The molecule has 0 aliphatic heterocycles. The maximum atomic E-state index is 11.0. The minimum Gasteiger partial charge on any atom is -0.466 e. The molecule has 0 aliphatic carbocycles. The Bertz CT molecular complexity index is 483. The van der Waals surface area contributed by atoms with Crippen molar-refractivity contribution in [3.63, 3.8) is 0 Å². The van der Waals surface area contributed by atoms with Gasteiger partial charge in [-0.3, -0.25) is 14.4 Å². The van der Waals surface area contributed by atoms with Gasteiger partial charge in [-0.2, -0.15) is 0 Å². The maximum absolute atomic E-state index is 11.0. The lowest BCUT2D eigenvalue weighted by Crippen LogP contribution is -2.24. The molecule has 32 heavy (non-hydrogen) atoms. The number of hydrogen-bond acceptors (Lipinski definition) is 6. The summed E-state index contributed by atoms with van der Waals surface area (Å²) in [6.45, 7) is 16.1. The summed E-state index contributed by atoms with van der Waals surface area (Å²) in [6.07, 6.45) is 7.81. The first-order chi connectivity index (χ1) is 15.1. The molecule has 0 heterocycles. The van der Waals surface area contributed by atoms with Gasteiger partial charge >= 0.3 is 5.97 Å². The van der Waals surface area contributed by atoms with Crippen molar-refractivity contribution in [1.82, 2.24) is 10.6 Å². The SMILES string of the molecule is C=C(C)C(=O)NCCCCCCO.C=C(C)C(=O)NCCCCCCO.CCOC(C)=O. The van der Waals surface area contributed by atoms with Crippen LogP contribution in [0.1, 0.15) is 79.1 Å². The monoisotopic (exact) mass is 458 g/mol. The Morgan fingerprint density at radius 2 is 1.03 bits per heavy atom. The van der Waals surface area contributed by atoms with Gasteiger partial charge in [0.25, 0.3) is 0 Å². The van der Waals surface area contributed by atoms with Crippen molar-refractivity contribution < 1.29 is 29.3 Å². The summed E-state index contributed by atoms with van der Waals surface area (Å²) < 4.78 is 4.40. The van der Waals surface area contributed by atoms with Crippen LogP contribution in [-0.2, 0) is 19.1 Å². The van der Waals surface area contributed by atoms with Gasteiger partial charge in [0.2, 0.25) is 11.8 Å². The number of amides is 2. The molecule has 0 atom stereocenters. The zero-order valence-electron chi connectivity index (χ0n) is 20.6. The molecule has 188 valence electrons. The lowest BCUT2D eigenvalue weighted by Gasteiger charge is -2.03. The standard InChI is InChI=1S/2C10H19NO2.C4H8O2/c2*1-9(2)10(13)11-7-5-3-4-6-8-12;1-3-6-4(2)5/h2*12H,1,3-8H2,2H3,(H,11,13);3H2,1-2H3. The third-order valence-corrected chi connectivity index (χ3v) is 3.86. The Hall–Kier alpha value is -2.19. The van der Waals surface area contributed by atoms with Crippen molar-refractivity contribution in [2.75, 3.05) is 32.9 Å². The molecule has 0 radical (unpaired) electrons. The second-order valence-corrected chi connectivity index (χ2v) is 7.27. The lowest BCUT2D eigenvalue weighted by molar-refractivity contribution is -0.140. The summed E-state index contributed by atoms with van der Waals surface area (Å²) in [6, 6.07) is 0. The summed E-state index contributed by atoms with van der Waals surface area (Å²) in [7, 11) is 0. The average molecular weight is 459 g/mol. The number of hydrogen-bond donors (Lipinski definition) is 4. The van der Waals surface area contributed by atoms with Crippen molar-refractivity contribution in [1.29, 1.82) is 0 Å². The number of carbonyl (C=O) groups is 3. The fourth-order valence-electron chi connectivity index (χ4n) is 2.09. The van der Waals surface area contributed by atoms with Crippen LogP contribution in [0.25, 0.3) is 0 Å². The Morgan fingerprint density at radius 1 is 0.688 bits per heavy atom. The number of nitrogens with one attached hydrogen (secondary N) is 2. The van der Waals surface area contributed by atoms with Gasteiger partial charge in [0.1, 0.15) is 0 Å². The highest BCUT2D eigenvalue weighted by molar-refractivity contribution is 5.92. The van der Waals surface area contributed by atoms with Crippen molar-refractivity contribution in [3.8, 4) is 0 Å².